The molecule has 0 bridgehead atoms. The third-order valence-corrected chi connectivity index (χ3v) is 2.67. The van der Waals surface area contributed by atoms with Crippen molar-refractivity contribution in [2.75, 3.05) is 0 Å². The Balaban J connectivity index is 2.51. The minimum atomic E-state index is -0.763. The molecular weight excluding hydrogens is 230 g/mol. The SMILES string of the molecule is CC(C(N)=O)n1nc(-c2ccccc2)ccc1=O. The lowest BCUT2D eigenvalue weighted by Gasteiger charge is -2.11. The summed E-state index contributed by atoms with van der Waals surface area (Å²) < 4.78 is 1.10. The maximum Gasteiger partial charge on any atom is 0.267 e. The van der Waals surface area contributed by atoms with Gasteiger partial charge in [0.1, 0.15) is 6.04 Å². The quantitative estimate of drug-likeness (QED) is 0.872. The van der Waals surface area contributed by atoms with Crippen molar-refractivity contribution < 1.29 is 4.79 Å². The Morgan fingerprint density at radius 1 is 1.22 bits per heavy atom. The highest BCUT2D eigenvalue weighted by Crippen LogP contribution is 2.14. The van der Waals surface area contributed by atoms with Crippen molar-refractivity contribution >= 4 is 5.91 Å². The zero-order chi connectivity index (χ0) is 13.1. The van der Waals surface area contributed by atoms with Gasteiger partial charge in [-0.2, -0.15) is 5.10 Å². The smallest absolute Gasteiger partial charge is 0.267 e. The average molecular weight is 243 g/mol. The van der Waals surface area contributed by atoms with E-state index in [1.165, 1.54) is 6.07 Å². The molecule has 1 unspecified atom stereocenters. The van der Waals surface area contributed by atoms with Crippen LogP contribution < -0.4 is 11.3 Å². The zero-order valence-corrected chi connectivity index (χ0v) is 9.91. The summed E-state index contributed by atoms with van der Waals surface area (Å²) in [7, 11) is 0. The highest BCUT2D eigenvalue weighted by atomic mass is 16.2. The fraction of sp³-hybridized carbons (Fsp3) is 0.154. The van der Waals surface area contributed by atoms with Gasteiger partial charge in [0, 0.05) is 11.6 Å². The van der Waals surface area contributed by atoms with Crippen LogP contribution in [0.4, 0.5) is 0 Å². The maximum atomic E-state index is 11.6. The molecule has 1 aromatic carbocycles. The van der Waals surface area contributed by atoms with Crippen molar-refractivity contribution in [3.8, 4) is 11.3 Å². The van der Waals surface area contributed by atoms with Gasteiger partial charge in [-0.05, 0) is 13.0 Å². The zero-order valence-electron chi connectivity index (χ0n) is 9.91. The lowest BCUT2D eigenvalue weighted by molar-refractivity contribution is -0.121. The Hall–Kier alpha value is -2.43. The number of carbonyl (C=O) groups is 1. The number of rotatable bonds is 3. The number of hydrogen-bond acceptors (Lipinski definition) is 3. The van der Waals surface area contributed by atoms with Gasteiger partial charge in [0.05, 0.1) is 5.69 Å². The predicted molar refractivity (Wildman–Crippen MR) is 67.8 cm³/mol. The number of nitrogens with two attached hydrogens (primary N) is 1. The van der Waals surface area contributed by atoms with Crippen molar-refractivity contribution in [3.05, 3.63) is 52.8 Å². The fourth-order valence-electron chi connectivity index (χ4n) is 1.59. The lowest BCUT2D eigenvalue weighted by atomic mass is 10.1. The summed E-state index contributed by atoms with van der Waals surface area (Å²) in [4.78, 5) is 22.8. The molecule has 1 heterocycles. The molecule has 0 aliphatic carbocycles. The molecule has 18 heavy (non-hydrogen) atoms. The van der Waals surface area contributed by atoms with E-state index in [2.05, 4.69) is 5.10 Å². The van der Waals surface area contributed by atoms with Gasteiger partial charge in [-0.1, -0.05) is 30.3 Å². The summed E-state index contributed by atoms with van der Waals surface area (Å²) in [6.07, 6.45) is 0. The van der Waals surface area contributed by atoms with Crippen LogP contribution in [-0.4, -0.2) is 15.7 Å². The molecule has 0 radical (unpaired) electrons. The first-order chi connectivity index (χ1) is 8.59. The van der Waals surface area contributed by atoms with Crippen LogP contribution in [0.3, 0.4) is 0 Å². The van der Waals surface area contributed by atoms with Crippen LogP contribution in [0.15, 0.2) is 47.3 Å². The van der Waals surface area contributed by atoms with E-state index in [1.807, 2.05) is 30.3 Å². The topological polar surface area (TPSA) is 78.0 Å². The summed E-state index contributed by atoms with van der Waals surface area (Å²) in [5.41, 5.74) is 6.35. The summed E-state index contributed by atoms with van der Waals surface area (Å²) >= 11 is 0. The number of carbonyl (C=O) groups excluding carboxylic acids is 1. The van der Waals surface area contributed by atoms with Gasteiger partial charge < -0.3 is 5.73 Å². The molecule has 5 nitrogen and oxygen atoms in total. The minimum Gasteiger partial charge on any atom is -0.368 e. The summed E-state index contributed by atoms with van der Waals surface area (Å²) in [6, 6.07) is 11.7. The number of hydrogen-bond donors (Lipinski definition) is 1. The Kier molecular flexibility index (Phi) is 3.23. The molecule has 1 aromatic heterocycles. The molecule has 0 saturated heterocycles. The van der Waals surface area contributed by atoms with Gasteiger partial charge in [-0.25, -0.2) is 4.68 Å². The molecule has 1 atom stereocenters. The highest BCUT2D eigenvalue weighted by Gasteiger charge is 2.14. The monoisotopic (exact) mass is 243 g/mol. The molecule has 1 amide bonds. The predicted octanol–water partition coefficient (Wildman–Crippen LogP) is 0.957. The van der Waals surface area contributed by atoms with Crippen molar-refractivity contribution in [3.63, 3.8) is 0 Å². The largest absolute Gasteiger partial charge is 0.368 e. The molecule has 0 spiro atoms. The second-order valence-electron chi connectivity index (χ2n) is 3.95. The molecular formula is C13H13N3O2. The summed E-state index contributed by atoms with van der Waals surface area (Å²) in [5.74, 6) is -0.588. The Morgan fingerprint density at radius 2 is 1.89 bits per heavy atom. The van der Waals surface area contributed by atoms with Gasteiger partial charge >= 0.3 is 0 Å². The molecule has 2 N–H and O–H groups in total. The van der Waals surface area contributed by atoms with E-state index in [-0.39, 0.29) is 5.56 Å². The molecule has 0 saturated carbocycles. The molecule has 0 aliphatic rings. The summed E-state index contributed by atoms with van der Waals surface area (Å²) in [5, 5.41) is 4.17. The Morgan fingerprint density at radius 3 is 2.50 bits per heavy atom. The van der Waals surface area contributed by atoms with Gasteiger partial charge in [0.2, 0.25) is 5.91 Å². The first-order valence-electron chi connectivity index (χ1n) is 5.54. The van der Waals surface area contributed by atoms with Crippen LogP contribution >= 0.6 is 0 Å². The van der Waals surface area contributed by atoms with Crippen LogP contribution in [0.5, 0.6) is 0 Å². The highest BCUT2D eigenvalue weighted by molar-refractivity contribution is 5.77. The van der Waals surface area contributed by atoms with Crippen molar-refractivity contribution in [1.29, 1.82) is 0 Å². The Bertz CT molecular complexity index is 620. The van der Waals surface area contributed by atoms with Crippen LogP contribution in [0.25, 0.3) is 11.3 Å². The van der Waals surface area contributed by atoms with Crippen molar-refractivity contribution in [2.24, 2.45) is 5.73 Å². The van der Waals surface area contributed by atoms with Crippen LogP contribution in [-0.2, 0) is 4.79 Å². The standard InChI is InChI=1S/C13H13N3O2/c1-9(13(14)18)16-12(17)8-7-11(15-16)10-5-3-2-4-6-10/h2-9H,1H3,(H2,14,18). The van der Waals surface area contributed by atoms with E-state index in [9.17, 15) is 9.59 Å². The molecule has 2 aromatic rings. The van der Waals surface area contributed by atoms with Crippen molar-refractivity contribution in [2.45, 2.75) is 13.0 Å². The maximum absolute atomic E-state index is 11.6. The van der Waals surface area contributed by atoms with Gasteiger partial charge in [0.15, 0.2) is 0 Å². The van der Waals surface area contributed by atoms with Gasteiger partial charge in [0.25, 0.3) is 5.56 Å². The number of aromatic nitrogens is 2. The number of nitrogens with zero attached hydrogens (tertiary/aromatic N) is 2. The molecule has 92 valence electrons. The van der Waals surface area contributed by atoms with Crippen LogP contribution in [0.2, 0.25) is 0 Å². The number of benzene rings is 1. The third kappa shape index (κ3) is 2.29. The number of primary amides is 1. The first kappa shape index (κ1) is 12.0. The van der Waals surface area contributed by atoms with E-state index in [4.69, 9.17) is 5.73 Å². The normalized spacial score (nSPS) is 12.1. The second kappa shape index (κ2) is 4.83. The molecule has 5 heteroatoms. The van der Waals surface area contributed by atoms with Gasteiger partial charge in [-0.15, -0.1) is 0 Å². The van der Waals surface area contributed by atoms with E-state index >= 15 is 0 Å². The van der Waals surface area contributed by atoms with E-state index in [0.29, 0.717) is 5.69 Å². The van der Waals surface area contributed by atoms with Crippen molar-refractivity contribution in [1.82, 2.24) is 9.78 Å². The fourth-order valence-corrected chi connectivity index (χ4v) is 1.59. The van der Waals surface area contributed by atoms with Crippen LogP contribution in [0, 0.1) is 0 Å². The van der Waals surface area contributed by atoms with Gasteiger partial charge in [-0.3, -0.25) is 9.59 Å². The van der Waals surface area contributed by atoms with E-state index in [0.717, 1.165) is 10.2 Å². The molecule has 2 rings (SSSR count). The van der Waals surface area contributed by atoms with E-state index in [1.54, 1.807) is 13.0 Å². The first-order valence-corrected chi connectivity index (χ1v) is 5.54. The van der Waals surface area contributed by atoms with Crippen LogP contribution in [0.1, 0.15) is 13.0 Å². The molecule has 0 fully saturated rings. The summed E-state index contributed by atoms with van der Waals surface area (Å²) in [6.45, 7) is 1.55. The Labute approximate surface area is 104 Å². The van der Waals surface area contributed by atoms with E-state index < -0.39 is 11.9 Å². The average Bonchev–Trinajstić information content (AvgIpc) is 2.39. The third-order valence-electron chi connectivity index (χ3n) is 2.67. The number of amides is 1. The molecule has 0 aliphatic heterocycles. The second-order valence-corrected chi connectivity index (χ2v) is 3.95. The minimum absolute atomic E-state index is 0.346. The lowest BCUT2D eigenvalue weighted by Crippen LogP contribution is -2.33.